The molecule has 0 aliphatic carbocycles. The van der Waals surface area contributed by atoms with E-state index in [0.29, 0.717) is 16.4 Å². The molecule has 9 nitrogen and oxygen atoms in total. The lowest BCUT2D eigenvalue weighted by atomic mass is 10.1. The molecule has 0 radical (unpaired) electrons. The molecule has 1 heterocycles. The number of nitrogens with one attached hydrogen (secondary N) is 1. The van der Waals surface area contributed by atoms with Gasteiger partial charge in [0.1, 0.15) is 0 Å². The third kappa shape index (κ3) is 5.05. The van der Waals surface area contributed by atoms with Crippen LogP contribution in [0.3, 0.4) is 0 Å². The monoisotopic (exact) mass is 410 g/mol. The number of carbonyl (C=O) groups excluding carboxylic acids is 1. The second-order valence-corrected chi connectivity index (χ2v) is 7.00. The number of rotatable bonds is 7. The molecule has 0 unspecified atom stereocenters. The smallest absolute Gasteiger partial charge is 0.269 e. The predicted octanol–water partition coefficient (Wildman–Crippen LogP) is 3.02. The van der Waals surface area contributed by atoms with Crippen molar-refractivity contribution in [2.75, 3.05) is 5.75 Å². The Hall–Kier alpha value is -3.53. The van der Waals surface area contributed by atoms with E-state index >= 15 is 0 Å². The first-order chi connectivity index (χ1) is 14.0. The van der Waals surface area contributed by atoms with Crippen LogP contribution in [0.1, 0.15) is 12.5 Å². The number of hydrogen-bond donors (Lipinski definition) is 1. The molecule has 0 bridgehead atoms. The Morgan fingerprint density at radius 2 is 1.86 bits per heavy atom. The van der Waals surface area contributed by atoms with E-state index in [1.54, 1.807) is 19.1 Å². The van der Waals surface area contributed by atoms with Gasteiger partial charge in [-0.05, 0) is 24.6 Å². The minimum absolute atomic E-state index is 0.000495. The zero-order valence-electron chi connectivity index (χ0n) is 15.8. The van der Waals surface area contributed by atoms with Crippen LogP contribution in [-0.2, 0) is 11.8 Å². The van der Waals surface area contributed by atoms with Crippen LogP contribution in [0.15, 0.2) is 64.9 Å². The lowest BCUT2D eigenvalue weighted by Crippen LogP contribution is -2.21. The summed E-state index contributed by atoms with van der Waals surface area (Å²) in [5.74, 6) is 0.554. The predicted molar refractivity (Wildman–Crippen MR) is 111 cm³/mol. The molecule has 0 aliphatic rings. The minimum Gasteiger partial charge on any atom is -0.305 e. The summed E-state index contributed by atoms with van der Waals surface area (Å²) >= 11 is 1.26. The van der Waals surface area contributed by atoms with Crippen molar-refractivity contribution >= 4 is 29.1 Å². The largest absolute Gasteiger partial charge is 0.305 e. The zero-order chi connectivity index (χ0) is 20.8. The third-order valence-electron chi connectivity index (χ3n) is 4.04. The highest BCUT2D eigenvalue weighted by atomic mass is 32.2. The van der Waals surface area contributed by atoms with E-state index in [0.717, 1.165) is 11.4 Å². The molecule has 0 fully saturated rings. The number of thioether (sulfide) groups is 1. The van der Waals surface area contributed by atoms with Crippen molar-refractivity contribution in [2.45, 2.75) is 12.1 Å². The Bertz CT molecular complexity index is 1050. The molecule has 29 heavy (non-hydrogen) atoms. The third-order valence-corrected chi connectivity index (χ3v) is 5.06. The van der Waals surface area contributed by atoms with Gasteiger partial charge in [-0.1, -0.05) is 42.1 Å². The van der Waals surface area contributed by atoms with Crippen LogP contribution in [0.4, 0.5) is 5.69 Å². The van der Waals surface area contributed by atoms with Gasteiger partial charge in [0.05, 0.1) is 16.4 Å². The second-order valence-electron chi connectivity index (χ2n) is 6.06. The molecule has 1 aromatic heterocycles. The number of hydrogen-bond acceptors (Lipinski definition) is 7. The van der Waals surface area contributed by atoms with Crippen molar-refractivity contribution in [3.05, 3.63) is 70.3 Å². The summed E-state index contributed by atoms with van der Waals surface area (Å²) in [7, 11) is 1.85. The van der Waals surface area contributed by atoms with Crippen LogP contribution >= 0.6 is 11.8 Å². The fourth-order valence-corrected chi connectivity index (χ4v) is 3.18. The van der Waals surface area contributed by atoms with Crippen molar-refractivity contribution < 1.29 is 9.72 Å². The molecular formula is C19H18N6O3S. The summed E-state index contributed by atoms with van der Waals surface area (Å²) in [6.07, 6.45) is 0. The molecule has 0 spiro atoms. The van der Waals surface area contributed by atoms with E-state index in [1.807, 2.05) is 41.9 Å². The van der Waals surface area contributed by atoms with Gasteiger partial charge in [-0.2, -0.15) is 5.10 Å². The number of carbonyl (C=O) groups is 1. The van der Waals surface area contributed by atoms with Gasteiger partial charge in [0.15, 0.2) is 11.0 Å². The minimum atomic E-state index is -0.467. The van der Waals surface area contributed by atoms with Crippen molar-refractivity contribution in [3.63, 3.8) is 0 Å². The number of amides is 1. The van der Waals surface area contributed by atoms with Gasteiger partial charge in [0, 0.05) is 24.7 Å². The normalized spacial score (nSPS) is 11.3. The lowest BCUT2D eigenvalue weighted by Gasteiger charge is -2.04. The van der Waals surface area contributed by atoms with Crippen molar-refractivity contribution in [1.29, 1.82) is 0 Å². The molecule has 0 atom stereocenters. The number of nitro groups is 1. The summed E-state index contributed by atoms with van der Waals surface area (Å²) in [6, 6.07) is 15.6. The standard InChI is InChI=1S/C19H18N6O3S/c1-13(14-8-10-16(11-9-14)25(27)28)20-21-17(26)12-29-19-23-22-18(24(19)2)15-6-4-3-5-7-15/h3-11H,12H2,1-2H3,(H,21,26). The number of hydrazone groups is 1. The molecule has 1 amide bonds. The van der Waals surface area contributed by atoms with Gasteiger partial charge in [-0.3, -0.25) is 14.9 Å². The van der Waals surface area contributed by atoms with Crippen molar-refractivity contribution in [3.8, 4) is 11.4 Å². The molecule has 3 aromatic rings. The van der Waals surface area contributed by atoms with Crippen LogP contribution in [0, 0.1) is 10.1 Å². The number of aromatic nitrogens is 3. The maximum absolute atomic E-state index is 12.1. The molecule has 0 saturated carbocycles. The quantitative estimate of drug-likeness (QED) is 0.277. The Kier molecular flexibility index (Phi) is 6.35. The lowest BCUT2D eigenvalue weighted by molar-refractivity contribution is -0.384. The number of non-ortho nitro benzene ring substituents is 1. The van der Waals surface area contributed by atoms with E-state index < -0.39 is 4.92 Å². The topological polar surface area (TPSA) is 115 Å². The van der Waals surface area contributed by atoms with Gasteiger partial charge in [-0.25, -0.2) is 5.43 Å². The Labute approximate surface area is 171 Å². The van der Waals surface area contributed by atoms with Crippen molar-refractivity contribution in [2.24, 2.45) is 12.1 Å². The maximum atomic E-state index is 12.1. The Morgan fingerprint density at radius 3 is 2.52 bits per heavy atom. The van der Waals surface area contributed by atoms with Crippen LogP contribution in [0.2, 0.25) is 0 Å². The molecule has 2 aromatic carbocycles. The maximum Gasteiger partial charge on any atom is 0.269 e. The molecule has 0 saturated heterocycles. The van der Waals surface area contributed by atoms with Gasteiger partial charge < -0.3 is 4.57 Å². The van der Waals surface area contributed by atoms with E-state index in [4.69, 9.17) is 0 Å². The van der Waals surface area contributed by atoms with Gasteiger partial charge >= 0.3 is 0 Å². The fourth-order valence-electron chi connectivity index (χ4n) is 2.48. The summed E-state index contributed by atoms with van der Waals surface area (Å²) in [4.78, 5) is 22.3. The average molecular weight is 410 g/mol. The van der Waals surface area contributed by atoms with Crippen molar-refractivity contribution in [1.82, 2.24) is 20.2 Å². The average Bonchev–Trinajstić information content (AvgIpc) is 3.11. The molecule has 0 aliphatic heterocycles. The van der Waals surface area contributed by atoms with Gasteiger partial charge in [0.2, 0.25) is 0 Å². The van der Waals surface area contributed by atoms with E-state index in [2.05, 4.69) is 20.7 Å². The SMILES string of the molecule is CC(=NNC(=O)CSc1nnc(-c2ccccc2)n1C)c1ccc([N+](=O)[O-])cc1. The summed E-state index contributed by atoms with van der Waals surface area (Å²) in [5, 5.41) is 23.7. The highest BCUT2D eigenvalue weighted by molar-refractivity contribution is 7.99. The van der Waals surface area contributed by atoms with E-state index in [1.165, 1.54) is 23.9 Å². The highest BCUT2D eigenvalue weighted by Gasteiger charge is 2.12. The number of nitrogens with zero attached hydrogens (tertiary/aromatic N) is 5. The van der Waals surface area contributed by atoms with E-state index in [9.17, 15) is 14.9 Å². The molecule has 3 rings (SSSR count). The van der Waals surface area contributed by atoms with E-state index in [-0.39, 0.29) is 17.3 Å². The summed E-state index contributed by atoms with van der Waals surface area (Å²) < 4.78 is 1.83. The molecular weight excluding hydrogens is 392 g/mol. The number of benzene rings is 2. The van der Waals surface area contributed by atoms with Gasteiger partial charge in [0.25, 0.3) is 11.6 Å². The molecule has 1 N–H and O–H groups in total. The second kappa shape index (κ2) is 9.11. The molecule has 10 heteroatoms. The van der Waals surface area contributed by atoms with Gasteiger partial charge in [-0.15, -0.1) is 10.2 Å². The summed E-state index contributed by atoms with van der Waals surface area (Å²) in [5.41, 5.74) is 4.66. The molecule has 148 valence electrons. The van der Waals surface area contributed by atoms with Crippen LogP contribution in [-0.4, -0.2) is 37.1 Å². The first kappa shape index (κ1) is 20.2. The van der Waals surface area contributed by atoms with Crippen LogP contribution in [0.5, 0.6) is 0 Å². The summed E-state index contributed by atoms with van der Waals surface area (Å²) in [6.45, 7) is 1.71. The Morgan fingerprint density at radius 1 is 1.17 bits per heavy atom. The highest BCUT2D eigenvalue weighted by Crippen LogP contribution is 2.22. The first-order valence-corrected chi connectivity index (χ1v) is 9.60. The fraction of sp³-hybridized carbons (Fsp3) is 0.158. The van der Waals surface area contributed by atoms with Crippen LogP contribution in [0.25, 0.3) is 11.4 Å². The first-order valence-electron chi connectivity index (χ1n) is 8.61. The number of nitro benzene ring substituents is 1. The zero-order valence-corrected chi connectivity index (χ0v) is 16.6. The Balaban J connectivity index is 1.57. The van der Waals surface area contributed by atoms with Crippen LogP contribution < -0.4 is 5.43 Å².